The number of aryl methyl sites for hydroxylation is 1. The SMILES string of the molecule is Cc1ccc(C(F)(CN)C2CC2)cc1F. The van der Waals surface area contributed by atoms with Gasteiger partial charge in [-0.15, -0.1) is 0 Å². The molecule has 0 aliphatic heterocycles. The Morgan fingerprint density at radius 3 is 2.60 bits per heavy atom. The number of rotatable bonds is 3. The third-order valence-electron chi connectivity index (χ3n) is 3.17. The highest BCUT2D eigenvalue weighted by Gasteiger charge is 2.46. The zero-order chi connectivity index (χ0) is 11.1. The normalized spacial score (nSPS) is 20.0. The second-order valence-electron chi connectivity index (χ2n) is 4.30. The molecule has 0 heterocycles. The summed E-state index contributed by atoms with van der Waals surface area (Å²) in [4.78, 5) is 0. The van der Waals surface area contributed by atoms with Gasteiger partial charge in [0.15, 0.2) is 5.67 Å². The number of alkyl halides is 1. The highest BCUT2D eigenvalue weighted by molar-refractivity contribution is 5.30. The van der Waals surface area contributed by atoms with Crippen molar-refractivity contribution in [3.05, 3.63) is 35.1 Å². The maximum absolute atomic E-state index is 14.5. The zero-order valence-corrected chi connectivity index (χ0v) is 8.76. The van der Waals surface area contributed by atoms with Gasteiger partial charge in [0.25, 0.3) is 0 Å². The maximum atomic E-state index is 14.5. The summed E-state index contributed by atoms with van der Waals surface area (Å²) in [5, 5.41) is 0. The van der Waals surface area contributed by atoms with Gasteiger partial charge in [-0.3, -0.25) is 0 Å². The second kappa shape index (κ2) is 3.56. The van der Waals surface area contributed by atoms with Crippen LogP contribution in [0.25, 0.3) is 0 Å². The molecule has 1 aliphatic rings. The van der Waals surface area contributed by atoms with Crippen molar-refractivity contribution in [2.24, 2.45) is 11.7 Å². The lowest BCUT2D eigenvalue weighted by molar-refractivity contribution is 0.142. The molecule has 2 rings (SSSR count). The Kier molecular flexibility index (Phi) is 2.51. The third-order valence-corrected chi connectivity index (χ3v) is 3.17. The first-order chi connectivity index (χ1) is 7.08. The standard InChI is InChI=1S/C12H15F2N/c1-8-2-3-10(6-11(8)13)12(14,7-15)9-4-5-9/h2-3,6,9H,4-5,7,15H2,1H3. The van der Waals surface area contributed by atoms with Gasteiger partial charge in [-0.2, -0.15) is 0 Å². The van der Waals surface area contributed by atoms with Gasteiger partial charge in [-0.05, 0) is 42.9 Å². The van der Waals surface area contributed by atoms with Crippen LogP contribution in [0.4, 0.5) is 8.78 Å². The van der Waals surface area contributed by atoms with E-state index in [0.717, 1.165) is 12.8 Å². The van der Waals surface area contributed by atoms with Gasteiger partial charge in [-0.1, -0.05) is 12.1 Å². The molecular formula is C12H15F2N. The summed E-state index contributed by atoms with van der Waals surface area (Å²) in [5.74, 6) is -0.381. The summed E-state index contributed by atoms with van der Waals surface area (Å²) in [6.07, 6.45) is 1.70. The number of hydrogen-bond acceptors (Lipinski definition) is 1. The molecule has 1 nitrogen and oxygen atoms in total. The van der Waals surface area contributed by atoms with E-state index in [-0.39, 0.29) is 18.3 Å². The van der Waals surface area contributed by atoms with Crippen LogP contribution in [0, 0.1) is 18.7 Å². The van der Waals surface area contributed by atoms with Crippen LogP contribution in [0.1, 0.15) is 24.0 Å². The molecule has 3 heteroatoms. The summed E-state index contributed by atoms with van der Waals surface area (Å²) in [7, 11) is 0. The van der Waals surface area contributed by atoms with Crippen molar-refractivity contribution in [3.8, 4) is 0 Å². The van der Waals surface area contributed by atoms with Crippen LogP contribution in [-0.2, 0) is 5.67 Å². The molecule has 0 radical (unpaired) electrons. The van der Waals surface area contributed by atoms with Crippen LogP contribution in [-0.4, -0.2) is 6.54 Å². The average molecular weight is 211 g/mol. The lowest BCUT2D eigenvalue weighted by atomic mass is 9.90. The average Bonchev–Trinajstić information content (AvgIpc) is 3.04. The minimum Gasteiger partial charge on any atom is -0.327 e. The van der Waals surface area contributed by atoms with Crippen molar-refractivity contribution in [2.75, 3.05) is 6.54 Å². The summed E-state index contributed by atoms with van der Waals surface area (Å²) in [6, 6.07) is 4.53. The third kappa shape index (κ3) is 1.76. The number of benzene rings is 1. The van der Waals surface area contributed by atoms with E-state index in [1.54, 1.807) is 19.1 Å². The van der Waals surface area contributed by atoms with Gasteiger partial charge in [-0.25, -0.2) is 8.78 Å². The predicted molar refractivity (Wildman–Crippen MR) is 55.7 cm³/mol. The van der Waals surface area contributed by atoms with Crippen LogP contribution in [0.2, 0.25) is 0 Å². The lowest BCUT2D eigenvalue weighted by Crippen LogP contribution is -2.32. The monoisotopic (exact) mass is 211 g/mol. The highest BCUT2D eigenvalue weighted by Crippen LogP contribution is 2.48. The molecule has 0 amide bonds. The first kappa shape index (κ1) is 10.6. The van der Waals surface area contributed by atoms with Crippen molar-refractivity contribution in [1.29, 1.82) is 0 Å². The van der Waals surface area contributed by atoms with Gasteiger partial charge >= 0.3 is 0 Å². The van der Waals surface area contributed by atoms with Crippen LogP contribution in [0.3, 0.4) is 0 Å². The number of halogens is 2. The molecule has 0 saturated heterocycles. The Balaban J connectivity index is 2.38. The smallest absolute Gasteiger partial charge is 0.151 e. The van der Waals surface area contributed by atoms with Gasteiger partial charge in [0.1, 0.15) is 5.82 Å². The van der Waals surface area contributed by atoms with E-state index in [0.29, 0.717) is 11.1 Å². The van der Waals surface area contributed by atoms with Gasteiger partial charge in [0.05, 0.1) is 0 Å². The van der Waals surface area contributed by atoms with Crippen LogP contribution in [0.5, 0.6) is 0 Å². The Morgan fingerprint density at radius 1 is 1.47 bits per heavy atom. The molecule has 15 heavy (non-hydrogen) atoms. The van der Waals surface area contributed by atoms with Gasteiger partial charge in [0, 0.05) is 6.54 Å². The molecule has 1 fully saturated rings. The Bertz CT molecular complexity index is 374. The molecule has 82 valence electrons. The van der Waals surface area contributed by atoms with Gasteiger partial charge < -0.3 is 5.73 Å². The molecule has 1 atom stereocenters. The fourth-order valence-electron chi connectivity index (χ4n) is 1.91. The Hall–Kier alpha value is -0.960. The molecule has 0 aromatic heterocycles. The molecule has 1 aromatic rings. The summed E-state index contributed by atoms with van der Waals surface area (Å²) in [6.45, 7) is 1.60. The Labute approximate surface area is 88.3 Å². The zero-order valence-electron chi connectivity index (χ0n) is 8.76. The predicted octanol–water partition coefficient (Wildman–Crippen LogP) is 2.67. The van der Waals surface area contributed by atoms with Crippen LogP contribution >= 0.6 is 0 Å². The van der Waals surface area contributed by atoms with E-state index in [1.165, 1.54) is 6.07 Å². The van der Waals surface area contributed by atoms with Crippen molar-refractivity contribution < 1.29 is 8.78 Å². The molecule has 1 aromatic carbocycles. The van der Waals surface area contributed by atoms with E-state index < -0.39 is 5.67 Å². The van der Waals surface area contributed by atoms with E-state index >= 15 is 0 Å². The van der Waals surface area contributed by atoms with E-state index in [2.05, 4.69) is 0 Å². The van der Waals surface area contributed by atoms with E-state index in [4.69, 9.17) is 5.73 Å². The minimum atomic E-state index is -1.53. The molecule has 1 unspecified atom stereocenters. The fourth-order valence-corrected chi connectivity index (χ4v) is 1.91. The maximum Gasteiger partial charge on any atom is 0.151 e. The summed E-state index contributed by atoms with van der Waals surface area (Å²) < 4.78 is 27.8. The Morgan fingerprint density at radius 2 is 2.13 bits per heavy atom. The molecule has 1 aliphatic carbocycles. The first-order valence-electron chi connectivity index (χ1n) is 5.23. The molecule has 2 N–H and O–H groups in total. The van der Waals surface area contributed by atoms with Crippen LogP contribution in [0.15, 0.2) is 18.2 Å². The molecule has 0 spiro atoms. The van der Waals surface area contributed by atoms with E-state index in [1.807, 2.05) is 0 Å². The number of nitrogens with two attached hydrogens (primary N) is 1. The van der Waals surface area contributed by atoms with Crippen molar-refractivity contribution in [3.63, 3.8) is 0 Å². The number of hydrogen-bond donors (Lipinski definition) is 1. The summed E-state index contributed by atoms with van der Waals surface area (Å²) >= 11 is 0. The van der Waals surface area contributed by atoms with Crippen molar-refractivity contribution >= 4 is 0 Å². The molecule has 1 saturated carbocycles. The lowest BCUT2D eigenvalue weighted by Gasteiger charge is -2.24. The highest BCUT2D eigenvalue weighted by atomic mass is 19.1. The summed E-state index contributed by atoms with van der Waals surface area (Å²) in [5.41, 5.74) is 4.86. The van der Waals surface area contributed by atoms with E-state index in [9.17, 15) is 8.78 Å². The topological polar surface area (TPSA) is 26.0 Å². The quantitative estimate of drug-likeness (QED) is 0.817. The van der Waals surface area contributed by atoms with Crippen molar-refractivity contribution in [1.82, 2.24) is 0 Å². The van der Waals surface area contributed by atoms with Crippen molar-refractivity contribution in [2.45, 2.75) is 25.4 Å². The first-order valence-corrected chi connectivity index (χ1v) is 5.23. The molecular weight excluding hydrogens is 196 g/mol. The minimum absolute atomic E-state index is 0.0235. The largest absolute Gasteiger partial charge is 0.327 e. The second-order valence-corrected chi connectivity index (χ2v) is 4.30. The fraction of sp³-hybridized carbons (Fsp3) is 0.500. The van der Waals surface area contributed by atoms with Gasteiger partial charge in [0.2, 0.25) is 0 Å². The van der Waals surface area contributed by atoms with Crippen LogP contribution < -0.4 is 5.73 Å². The molecule has 0 bridgehead atoms.